The number of nitrogens with one attached hydrogen (secondary N) is 2. The molecule has 0 aliphatic heterocycles. The van der Waals surface area contributed by atoms with Crippen LogP contribution in [0.3, 0.4) is 0 Å². The van der Waals surface area contributed by atoms with E-state index < -0.39 is 24.0 Å². The highest BCUT2D eigenvalue weighted by Gasteiger charge is 2.22. The summed E-state index contributed by atoms with van der Waals surface area (Å²) < 4.78 is 15.6. The lowest BCUT2D eigenvalue weighted by molar-refractivity contribution is -0.127. The molecule has 0 unspecified atom stereocenters. The number of benzene rings is 1. The summed E-state index contributed by atoms with van der Waals surface area (Å²) in [6.07, 6.45) is -1.14. The molecule has 0 saturated carbocycles. The van der Waals surface area contributed by atoms with Crippen LogP contribution in [0.4, 0.5) is 4.79 Å². The van der Waals surface area contributed by atoms with Gasteiger partial charge in [-0.3, -0.25) is 10.1 Å². The molecule has 1 aromatic rings. The second-order valence-corrected chi connectivity index (χ2v) is 5.46. The fourth-order valence-corrected chi connectivity index (χ4v) is 1.87. The zero-order valence-electron chi connectivity index (χ0n) is 15.0. The van der Waals surface area contributed by atoms with Crippen LogP contribution < -0.4 is 20.1 Å². The van der Waals surface area contributed by atoms with E-state index in [0.29, 0.717) is 18.1 Å². The van der Waals surface area contributed by atoms with Gasteiger partial charge in [-0.05, 0) is 45.9 Å². The van der Waals surface area contributed by atoms with Gasteiger partial charge in [0.25, 0.3) is 5.91 Å². The molecule has 138 valence electrons. The Morgan fingerprint density at radius 3 is 2.36 bits per heavy atom. The lowest BCUT2D eigenvalue weighted by atomic mass is 10.2. The predicted molar refractivity (Wildman–Crippen MR) is 90.9 cm³/mol. The minimum atomic E-state index is -1.14. The van der Waals surface area contributed by atoms with E-state index in [0.717, 1.165) is 0 Å². The number of rotatable bonds is 7. The zero-order valence-corrected chi connectivity index (χ0v) is 15.0. The largest absolute Gasteiger partial charge is 0.493 e. The van der Waals surface area contributed by atoms with Crippen molar-refractivity contribution in [2.45, 2.75) is 39.8 Å². The average molecular weight is 352 g/mol. The normalized spacial score (nSPS) is 11.4. The lowest BCUT2D eigenvalue weighted by Gasteiger charge is -2.15. The van der Waals surface area contributed by atoms with Gasteiger partial charge in [0.2, 0.25) is 0 Å². The molecular formula is C17H24N2O6. The number of carbonyl (C=O) groups is 3. The minimum absolute atomic E-state index is 0.123. The molecule has 1 atom stereocenters. The van der Waals surface area contributed by atoms with E-state index in [9.17, 15) is 14.4 Å². The Balaban J connectivity index is 2.73. The van der Waals surface area contributed by atoms with Crippen LogP contribution in [0.1, 0.15) is 38.1 Å². The Labute approximate surface area is 146 Å². The number of carbonyl (C=O) groups excluding carboxylic acids is 3. The smallest absolute Gasteiger partial charge is 0.339 e. The molecule has 0 aliphatic rings. The van der Waals surface area contributed by atoms with Crippen molar-refractivity contribution in [2.75, 3.05) is 13.7 Å². The third kappa shape index (κ3) is 6.33. The van der Waals surface area contributed by atoms with Crippen molar-refractivity contribution < 1.29 is 28.6 Å². The molecule has 0 aromatic heterocycles. The maximum Gasteiger partial charge on any atom is 0.339 e. The van der Waals surface area contributed by atoms with E-state index >= 15 is 0 Å². The predicted octanol–water partition coefficient (Wildman–Crippen LogP) is 1.87. The number of imide groups is 1. The van der Waals surface area contributed by atoms with E-state index in [-0.39, 0.29) is 11.6 Å². The highest BCUT2D eigenvalue weighted by Crippen LogP contribution is 2.28. The van der Waals surface area contributed by atoms with Crippen molar-refractivity contribution in [2.24, 2.45) is 0 Å². The maximum atomic E-state index is 12.2. The van der Waals surface area contributed by atoms with Gasteiger partial charge in [0.05, 0.1) is 19.3 Å². The zero-order chi connectivity index (χ0) is 19.0. The van der Waals surface area contributed by atoms with Crippen LogP contribution in [-0.2, 0) is 9.53 Å². The fourth-order valence-electron chi connectivity index (χ4n) is 1.87. The molecule has 0 heterocycles. The first-order chi connectivity index (χ1) is 11.8. The van der Waals surface area contributed by atoms with Crippen LogP contribution in [0.5, 0.6) is 11.5 Å². The van der Waals surface area contributed by atoms with Gasteiger partial charge in [0.1, 0.15) is 0 Å². The summed E-state index contributed by atoms with van der Waals surface area (Å²) in [5.74, 6) is -0.553. The first-order valence-electron chi connectivity index (χ1n) is 7.91. The molecule has 8 heteroatoms. The van der Waals surface area contributed by atoms with Crippen molar-refractivity contribution in [3.8, 4) is 11.5 Å². The summed E-state index contributed by atoms with van der Waals surface area (Å²) in [7, 11) is 1.49. The highest BCUT2D eigenvalue weighted by molar-refractivity contribution is 5.98. The van der Waals surface area contributed by atoms with Crippen molar-refractivity contribution in [3.05, 3.63) is 23.8 Å². The van der Waals surface area contributed by atoms with Crippen LogP contribution >= 0.6 is 0 Å². The maximum absolute atomic E-state index is 12.2. The quantitative estimate of drug-likeness (QED) is 0.726. The lowest BCUT2D eigenvalue weighted by Crippen LogP contribution is -2.46. The van der Waals surface area contributed by atoms with E-state index in [1.54, 1.807) is 26.8 Å². The number of urea groups is 1. The van der Waals surface area contributed by atoms with Gasteiger partial charge in [-0.1, -0.05) is 0 Å². The van der Waals surface area contributed by atoms with Crippen molar-refractivity contribution in [3.63, 3.8) is 0 Å². The van der Waals surface area contributed by atoms with Crippen molar-refractivity contribution in [1.29, 1.82) is 0 Å². The second-order valence-electron chi connectivity index (χ2n) is 5.46. The molecule has 0 aliphatic carbocycles. The van der Waals surface area contributed by atoms with Crippen LogP contribution in [0.2, 0.25) is 0 Å². The summed E-state index contributed by atoms with van der Waals surface area (Å²) >= 11 is 0. The summed E-state index contributed by atoms with van der Waals surface area (Å²) in [6, 6.07) is 3.77. The number of methoxy groups -OCH3 is 1. The highest BCUT2D eigenvalue weighted by atomic mass is 16.5. The van der Waals surface area contributed by atoms with Gasteiger partial charge < -0.3 is 19.5 Å². The standard InChI is InChI=1S/C17H24N2O6/c1-6-24-14-9-12(7-8-13(14)23-5)16(21)25-11(4)15(20)19-17(22)18-10(2)3/h7-11H,6H2,1-5H3,(H2,18,19,20,22)/t11-/m1/s1. The summed E-state index contributed by atoms with van der Waals surface area (Å²) in [5, 5.41) is 4.61. The third-order valence-electron chi connectivity index (χ3n) is 3.01. The van der Waals surface area contributed by atoms with Crippen LogP contribution in [0, 0.1) is 0 Å². The molecule has 25 heavy (non-hydrogen) atoms. The number of hydrogen-bond donors (Lipinski definition) is 2. The Morgan fingerprint density at radius 2 is 1.80 bits per heavy atom. The molecule has 0 radical (unpaired) electrons. The van der Waals surface area contributed by atoms with E-state index in [2.05, 4.69) is 10.6 Å². The van der Waals surface area contributed by atoms with Gasteiger partial charge in [0.15, 0.2) is 17.6 Å². The number of amides is 3. The summed E-state index contributed by atoms with van der Waals surface area (Å²) in [5.41, 5.74) is 0.204. The molecule has 3 amide bonds. The minimum Gasteiger partial charge on any atom is -0.493 e. The van der Waals surface area contributed by atoms with Crippen molar-refractivity contribution in [1.82, 2.24) is 10.6 Å². The van der Waals surface area contributed by atoms with Crippen LogP contribution in [0.25, 0.3) is 0 Å². The first kappa shape index (κ1) is 20.3. The topological polar surface area (TPSA) is 103 Å². The number of esters is 1. The fraction of sp³-hybridized carbons (Fsp3) is 0.471. The third-order valence-corrected chi connectivity index (χ3v) is 3.01. The molecule has 0 spiro atoms. The first-order valence-corrected chi connectivity index (χ1v) is 7.91. The number of hydrogen-bond acceptors (Lipinski definition) is 6. The molecular weight excluding hydrogens is 328 g/mol. The molecule has 8 nitrogen and oxygen atoms in total. The number of ether oxygens (including phenoxy) is 3. The summed E-state index contributed by atoms with van der Waals surface area (Å²) in [6.45, 7) is 7.10. The SMILES string of the molecule is CCOc1cc(C(=O)O[C@H](C)C(=O)NC(=O)NC(C)C)ccc1OC. The molecule has 0 saturated heterocycles. The van der Waals surface area contributed by atoms with E-state index in [1.807, 2.05) is 0 Å². The average Bonchev–Trinajstić information content (AvgIpc) is 2.54. The van der Waals surface area contributed by atoms with Crippen LogP contribution in [-0.4, -0.2) is 43.8 Å². The Morgan fingerprint density at radius 1 is 1.12 bits per heavy atom. The Kier molecular flexibility index (Phi) is 7.71. The monoisotopic (exact) mass is 352 g/mol. The molecule has 0 fully saturated rings. The molecule has 1 aromatic carbocycles. The molecule has 1 rings (SSSR count). The van der Waals surface area contributed by atoms with Gasteiger partial charge >= 0.3 is 12.0 Å². The Bertz CT molecular complexity index is 630. The van der Waals surface area contributed by atoms with E-state index in [1.165, 1.54) is 26.2 Å². The second kappa shape index (κ2) is 9.51. The van der Waals surface area contributed by atoms with Gasteiger partial charge in [0, 0.05) is 6.04 Å². The molecule has 2 N–H and O–H groups in total. The van der Waals surface area contributed by atoms with Crippen molar-refractivity contribution >= 4 is 17.9 Å². The van der Waals surface area contributed by atoms with Crippen LogP contribution in [0.15, 0.2) is 18.2 Å². The van der Waals surface area contributed by atoms with Gasteiger partial charge in [-0.2, -0.15) is 0 Å². The molecule has 0 bridgehead atoms. The van der Waals surface area contributed by atoms with Gasteiger partial charge in [-0.25, -0.2) is 9.59 Å². The summed E-state index contributed by atoms with van der Waals surface area (Å²) in [4.78, 5) is 35.6. The Hall–Kier alpha value is -2.77. The van der Waals surface area contributed by atoms with Gasteiger partial charge in [-0.15, -0.1) is 0 Å². The van der Waals surface area contributed by atoms with E-state index in [4.69, 9.17) is 14.2 Å².